The second-order valence-corrected chi connectivity index (χ2v) is 11.9. The summed E-state index contributed by atoms with van der Waals surface area (Å²) < 4.78 is 115. The highest BCUT2D eigenvalue weighted by Gasteiger charge is 2.45. The molecule has 0 saturated carbocycles. The smallest absolute Gasteiger partial charge is 0.417 e. The Morgan fingerprint density at radius 1 is 1.02 bits per heavy atom. The van der Waals surface area contributed by atoms with Gasteiger partial charge < -0.3 is 9.64 Å². The number of benzene rings is 2. The Balaban J connectivity index is 1.97. The number of carbonyl (C=O) groups is 1. The van der Waals surface area contributed by atoms with Gasteiger partial charge in [-0.2, -0.15) is 34.8 Å². The monoisotopic (exact) mass is 595 g/mol. The van der Waals surface area contributed by atoms with Gasteiger partial charge in [-0.1, -0.05) is 18.2 Å². The minimum Gasteiger partial charge on any atom is -0.491 e. The summed E-state index contributed by atoms with van der Waals surface area (Å²) in [6, 6.07) is 8.73. The number of rotatable bonds is 9. The number of halogens is 6. The molecule has 0 aromatic heterocycles. The Morgan fingerprint density at radius 2 is 1.70 bits per heavy atom. The van der Waals surface area contributed by atoms with E-state index in [0.717, 1.165) is 12.3 Å². The topological polar surface area (TPSA) is 72.9 Å². The SMILES string of the molecule is CC(C)Oc1cccc(CC(=O)N2CCC[C@](CCOS(C)(=O)=O)(c3ccc(C(F)(F)F)c(C(F)(F)F)c3)C2)c1. The predicted molar refractivity (Wildman–Crippen MR) is 135 cm³/mol. The highest BCUT2D eigenvalue weighted by atomic mass is 32.2. The van der Waals surface area contributed by atoms with E-state index >= 15 is 0 Å². The summed E-state index contributed by atoms with van der Waals surface area (Å²) in [6.45, 7) is 3.44. The fourth-order valence-electron chi connectivity index (χ4n) is 4.96. The first-order valence-corrected chi connectivity index (χ1v) is 14.4. The van der Waals surface area contributed by atoms with E-state index in [4.69, 9.17) is 8.92 Å². The summed E-state index contributed by atoms with van der Waals surface area (Å²) in [7, 11) is -3.90. The normalized spacial score (nSPS) is 18.7. The molecule has 13 heteroatoms. The zero-order valence-corrected chi connectivity index (χ0v) is 23.0. The molecular weight excluding hydrogens is 564 g/mol. The number of alkyl halides is 6. The molecule has 1 aliphatic rings. The van der Waals surface area contributed by atoms with Crippen molar-refractivity contribution in [3.8, 4) is 5.75 Å². The van der Waals surface area contributed by atoms with Gasteiger partial charge in [-0.3, -0.25) is 8.98 Å². The van der Waals surface area contributed by atoms with E-state index in [-0.39, 0.29) is 49.9 Å². The van der Waals surface area contributed by atoms with Crippen LogP contribution in [0.5, 0.6) is 5.75 Å². The van der Waals surface area contributed by atoms with Crippen molar-refractivity contribution >= 4 is 16.0 Å². The van der Waals surface area contributed by atoms with Gasteiger partial charge in [-0.05, 0) is 68.5 Å². The fourth-order valence-corrected chi connectivity index (χ4v) is 5.35. The van der Waals surface area contributed by atoms with Crippen LogP contribution in [0.3, 0.4) is 0 Å². The standard InChI is InChI=1S/C27H31F6NO5S/c1-18(2)39-21-7-4-6-19(14-21)15-24(35)34-12-5-10-25(17-34,11-13-38-40(3,36)37)20-8-9-22(26(28,29)30)23(16-20)27(31,32)33/h4,6-9,14,16,18H,5,10-13,15,17H2,1-3H3/t25-/m1/s1. The summed E-state index contributed by atoms with van der Waals surface area (Å²) >= 11 is 0. The second-order valence-electron chi connectivity index (χ2n) is 10.2. The van der Waals surface area contributed by atoms with Crippen LogP contribution >= 0.6 is 0 Å². The van der Waals surface area contributed by atoms with Gasteiger partial charge in [-0.15, -0.1) is 0 Å². The number of hydrogen-bond donors (Lipinski definition) is 0. The lowest BCUT2D eigenvalue weighted by Gasteiger charge is -2.44. The lowest BCUT2D eigenvalue weighted by atomic mass is 9.71. The van der Waals surface area contributed by atoms with Gasteiger partial charge in [0.25, 0.3) is 10.1 Å². The fraction of sp³-hybridized carbons (Fsp3) is 0.519. The molecule has 0 spiro atoms. The van der Waals surface area contributed by atoms with Gasteiger partial charge in [0.1, 0.15) is 5.75 Å². The number of nitrogens with zero attached hydrogens (tertiary/aromatic N) is 1. The van der Waals surface area contributed by atoms with Crippen LogP contribution in [0.15, 0.2) is 42.5 Å². The summed E-state index contributed by atoms with van der Waals surface area (Å²) in [4.78, 5) is 14.7. The molecule has 6 nitrogen and oxygen atoms in total. The van der Waals surface area contributed by atoms with Gasteiger partial charge in [0.2, 0.25) is 5.91 Å². The molecule has 0 bridgehead atoms. The van der Waals surface area contributed by atoms with Crippen LogP contribution in [0.1, 0.15) is 55.4 Å². The zero-order valence-electron chi connectivity index (χ0n) is 22.2. The molecule has 1 atom stereocenters. The van der Waals surface area contributed by atoms with Crippen molar-refractivity contribution in [1.29, 1.82) is 0 Å². The molecule has 1 saturated heterocycles. The minimum absolute atomic E-state index is 0.0357. The number of hydrogen-bond acceptors (Lipinski definition) is 5. The highest BCUT2D eigenvalue weighted by molar-refractivity contribution is 7.85. The molecule has 1 aliphatic heterocycles. The Labute approximate surface area is 229 Å². The molecule has 0 aliphatic carbocycles. The van der Waals surface area contributed by atoms with Crippen LogP contribution in [0.4, 0.5) is 26.3 Å². The van der Waals surface area contributed by atoms with Gasteiger partial charge in [0, 0.05) is 18.5 Å². The number of likely N-dealkylation sites (tertiary alicyclic amines) is 1. The number of carbonyl (C=O) groups excluding carboxylic acids is 1. The minimum atomic E-state index is -5.29. The maximum absolute atomic E-state index is 13.7. The van der Waals surface area contributed by atoms with Crippen molar-refractivity contribution < 1.29 is 48.5 Å². The van der Waals surface area contributed by atoms with Crippen LogP contribution in [0, 0.1) is 0 Å². The maximum Gasteiger partial charge on any atom is 0.417 e. The van der Waals surface area contributed by atoms with Gasteiger partial charge in [-0.25, -0.2) is 0 Å². The lowest BCUT2D eigenvalue weighted by Crippen LogP contribution is -2.49. The van der Waals surface area contributed by atoms with Gasteiger partial charge >= 0.3 is 12.4 Å². The highest BCUT2D eigenvalue weighted by Crippen LogP contribution is 2.45. The maximum atomic E-state index is 13.7. The Bertz CT molecular complexity index is 1310. The molecule has 2 aromatic rings. The van der Waals surface area contributed by atoms with E-state index in [1.807, 2.05) is 13.8 Å². The Hall–Kier alpha value is -2.80. The van der Waals surface area contributed by atoms with Crippen LogP contribution in [0.25, 0.3) is 0 Å². The lowest BCUT2D eigenvalue weighted by molar-refractivity contribution is -0.162. The van der Waals surface area contributed by atoms with Crippen LogP contribution < -0.4 is 4.74 Å². The molecule has 0 radical (unpaired) electrons. The first-order valence-electron chi connectivity index (χ1n) is 12.6. The van der Waals surface area contributed by atoms with E-state index in [2.05, 4.69) is 0 Å². The molecule has 1 amide bonds. The van der Waals surface area contributed by atoms with Gasteiger partial charge in [0.05, 0.1) is 36.5 Å². The number of amides is 1. The summed E-state index contributed by atoms with van der Waals surface area (Å²) in [5.41, 5.74) is -4.36. The molecule has 0 unspecified atom stereocenters. The summed E-state index contributed by atoms with van der Waals surface area (Å²) in [6.07, 6.45) is -9.43. The quantitative estimate of drug-likeness (QED) is 0.264. The predicted octanol–water partition coefficient (Wildman–Crippen LogP) is 5.98. The van der Waals surface area contributed by atoms with Crippen molar-refractivity contribution in [2.45, 2.75) is 63.4 Å². The van der Waals surface area contributed by atoms with E-state index in [1.165, 1.54) is 4.90 Å². The third-order valence-electron chi connectivity index (χ3n) is 6.68. The molecular formula is C27H31F6NO5S. The third kappa shape index (κ3) is 8.35. The van der Waals surface area contributed by atoms with E-state index in [0.29, 0.717) is 29.9 Å². The average molecular weight is 596 g/mol. The van der Waals surface area contributed by atoms with Crippen LogP contribution in [-0.2, 0) is 43.3 Å². The molecule has 0 N–H and O–H groups in total. The van der Waals surface area contributed by atoms with Crippen molar-refractivity contribution in [3.63, 3.8) is 0 Å². The van der Waals surface area contributed by atoms with Crippen LogP contribution in [0.2, 0.25) is 0 Å². The van der Waals surface area contributed by atoms with Crippen molar-refractivity contribution in [3.05, 3.63) is 64.7 Å². The van der Waals surface area contributed by atoms with Crippen molar-refractivity contribution in [2.24, 2.45) is 0 Å². The van der Waals surface area contributed by atoms with Gasteiger partial charge in [0.15, 0.2) is 0 Å². The Kier molecular flexibility index (Phi) is 9.50. The second kappa shape index (κ2) is 12.0. The molecule has 2 aromatic carbocycles. The molecule has 3 rings (SSSR count). The molecule has 1 heterocycles. The molecule has 222 valence electrons. The molecule has 40 heavy (non-hydrogen) atoms. The van der Waals surface area contributed by atoms with Crippen molar-refractivity contribution in [2.75, 3.05) is 26.0 Å². The number of piperidine rings is 1. The largest absolute Gasteiger partial charge is 0.491 e. The summed E-state index contributed by atoms with van der Waals surface area (Å²) in [5, 5.41) is 0. The first-order chi connectivity index (χ1) is 18.4. The first kappa shape index (κ1) is 31.7. The number of ether oxygens (including phenoxy) is 1. The summed E-state index contributed by atoms with van der Waals surface area (Å²) in [5.74, 6) is 0.230. The Morgan fingerprint density at radius 3 is 2.30 bits per heavy atom. The van der Waals surface area contributed by atoms with E-state index < -0.39 is 45.6 Å². The van der Waals surface area contributed by atoms with Crippen LogP contribution in [-0.4, -0.2) is 51.3 Å². The molecule has 1 fully saturated rings. The van der Waals surface area contributed by atoms with E-state index in [9.17, 15) is 39.6 Å². The van der Waals surface area contributed by atoms with Crippen molar-refractivity contribution in [1.82, 2.24) is 4.90 Å². The average Bonchev–Trinajstić information content (AvgIpc) is 2.81. The van der Waals surface area contributed by atoms with E-state index in [1.54, 1.807) is 24.3 Å². The third-order valence-corrected chi connectivity index (χ3v) is 7.27. The zero-order chi connectivity index (χ0) is 29.9.